The predicted molar refractivity (Wildman–Crippen MR) is 124 cm³/mol. The fourth-order valence-electron chi connectivity index (χ4n) is 4.61. The minimum Gasteiger partial charge on any atom is -0.368 e. The summed E-state index contributed by atoms with van der Waals surface area (Å²) in [5, 5.41) is 0. The quantitative estimate of drug-likeness (QED) is 0.572. The van der Waals surface area contributed by atoms with Crippen molar-refractivity contribution in [3.63, 3.8) is 0 Å². The number of halogens is 4. The molecule has 0 saturated carbocycles. The number of rotatable bonds is 5. The second kappa shape index (κ2) is 10.1. The van der Waals surface area contributed by atoms with Gasteiger partial charge in [-0.25, -0.2) is 17.1 Å². The molecular weight excluding hydrogens is 486 g/mol. The zero-order valence-electron chi connectivity index (χ0n) is 19.0. The maximum Gasteiger partial charge on any atom is 0.416 e. The molecule has 6 nitrogen and oxygen atoms in total. The number of piperazine rings is 1. The van der Waals surface area contributed by atoms with Gasteiger partial charge in [-0.1, -0.05) is 24.3 Å². The van der Waals surface area contributed by atoms with Gasteiger partial charge in [-0.05, 0) is 37.1 Å². The Morgan fingerprint density at radius 1 is 0.914 bits per heavy atom. The van der Waals surface area contributed by atoms with Crippen LogP contribution in [-0.2, 0) is 26.7 Å². The molecular formula is C24H27F4N3O3S. The number of piperidine rings is 1. The first-order valence-corrected chi connectivity index (χ1v) is 13.1. The van der Waals surface area contributed by atoms with E-state index in [1.165, 1.54) is 28.6 Å². The summed E-state index contributed by atoms with van der Waals surface area (Å²) >= 11 is 0. The Morgan fingerprint density at radius 2 is 1.57 bits per heavy atom. The molecule has 0 unspecified atom stereocenters. The molecule has 4 rings (SSSR count). The molecule has 2 aromatic carbocycles. The number of anilines is 1. The second-order valence-electron chi connectivity index (χ2n) is 8.88. The van der Waals surface area contributed by atoms with E-state index in [1.807, 2.05) is 4.90 Å². The molecule has 2 saturated heterocycles. The van der Waals surface area contributed by atoms with Gasteiger partial charge in [0.05, 0.1) is 11.3 Å². The summed E-state index contributed by atoms with van der Waals surface area (Å²) in [6.07, 6.45) is -3.66. The van der Waals surface area contributed by atoms with E-state index < -0.39 is 33.3 Å². The van der Waals surface area contributed by atoms with Gasteiger partial charge in [0.15, 0.2) is 0 Å². The largest absolute Gasteiger partial charge is 0.416 e. The maximum absolute atomic E-state index is 13.9. The highest BCUT2D eigenvalue weighted by Gasteiger charge is 2.35. The van der Waals surface area contributed by atoms with Gasteiger partial charge in [0.2, 0.25) is 15.9 Å². The Morgan fingerprint density at radius 3 is 2.20 bits per heavy atom. The van der Waals surface area contributed by atoms with Crippen molar-refractivity contribution in [3.05, 3.63) is 65.5 Å². The fraction of sp³-hybridized carbons (Fsp3) is 0.458. The second-order valence-corrected chi connectivity index (χ2v) is 10.9. The number of benzene rings is 2. The Kier molecular flexibility index (Phi) is 7.37. The van der Waals surface area contributed by atoms with Crippen LogP contribution in [0.2, 0.25) is 0 Å². The number of sulfonamides is 1. The summed E-state index contributed by atoms with van der Waals surface area (Å²) in [4.78, 5) is 16.6. The van der Waals surface area contributed by atoms with Crippen molar-refractivity contribution in [2.45, 2.75) is 24.8 Å². The number of amides is 1. The summed E-state index contributed by atoms with van der Waals surface area (Å²) in [7, 11) is -3.70. The van der Waals surface area contributed by atoms with Crippen molar-refractivity contribution in [1.29, 1.82) is 0 Å². The van der Waals surface area contributed by atoms with Crippen LogP contribution in [0.3, 0.4) is 0 Å². The van der Waals surface area contributed by atoms with Gasteiger partial charge in [-0.2, -0.15) is 13.2 Å². The van der Waals surface area contributed by atoms with Crippen LogP contribution >= 0.6 is 0 Å². The summed E-state index contributed by atoms with van der Waals surface area (Å²) in [5.41, 5.74) is -0.116. The third-order valence-electron chi connectivity index (χ3n) is 6.62. The van der Waals surface area contributed by atoms with E-state index in [0.29, 0.717) is 44.7 Å². The lowest BCUT2D eigenvalue weighted by Gasteiger charge is -2.39. The molecule has 1 amide bonds. The average molecular weight is 514 g/mol. The third-order valence-corrected chi connectivity index (χ3v) is 8.45. The first kappa shape index (κ1) is 25.4. The van der Waals surface area contributed by atoms with E-state index in [1.54, 1.807) is 17.0 Å². The number of carbonyl (C=O) groups is 1. The normalized spacial score (nSPS) is 18.6. The molecule has 0 aromatic heterocycles. The Labute approximate surface area is 202 Å². The minimum atomic E-state index is -4.41. The van der Waals surface area contributed by atoms with Gasteiger partial charge < -0.3 is 9.80 Å². The van der Waals surface area contributed by atoms with Gasteiger partial charge >= 0.3 is 6.18 Å². The number of carbonyl (C=O) groups excluding carboxylic acids is 1. The average Bonchev–Trinajstić information content (AvgIpc) is 2.85. The van der Waals surface area contributed by atoms with Crippen LogP contribution in [0.15, 0.2) is 48.5 Å². The van der Waals surface area contributed by atoms with Crippen molar-refractivity contribution in [1.82, 2.24) is 9.21 Å². The van der Waals surface area contributed by atoms with Crippen LogP contribution in [-0.4, -0.2) is 62.8 Å². The zero-order valence-corrected chi connectivity index (χ0v) is 19.9. The smallest absolute Gasteiger partial charge is 0.368 e. The van der Waals surface area contributed by atoms with E-state index in [9.17, 15) is 30.8 Å². The van der Waals surface area contributed by atoms with E-state index in [4.69, 9.17) is 0 Å². The van der Waals surface area contributed by atoms with Gasteiger partial charge in [-0.15, -0.1) is 0 Å². The molecule has 190 valence electrons. The molecule has 2 fully saturated rings. The maximum atomic E-state index is 13.9. The van der Waals surface area contributed by atoms with Gasteiger partial charge in [0, 0.05) is 56.4 Å². The molecule has 0 atom stereocenters. The molecule has 2 aromatic rings. The molecule has 0 radical (unpaired) electrons. The number of alkyl halides is 3. The van der Waals surface area contributed by atoms with E-state index >= 15 is 0 Å². The summed E-state index contributed by atoms with van der Waals surface area (Å²) in [6.45, 7) is 2.00. The van der Waals surface area contributed by atoms with Gasteiger partial charge in [-0.3, -0.25) is 4.79 Å². The molecule has 35 heavy (non-hydrogen) atoms. The van der Waals surface area contributed by atoms with Crippen LogP contribution in [0.25, 0.3) is 0 Å². The first-order valence-electron chi connectivity index (χ1n) is 11.5. The van der Waals surface area contributed by atoms with Crippen LogP contribution < -0.4 is 4.90 Å². The Bertz CT molecular complexity index is 1160. The van der Waals surface area contributed by atoms with E-state index in [-0.39, 0.29) is 30.5 Å². The number of hydrogen-bond acceptors (Lipinski definition) is 4. The van der Waals surface area contributed by atoms with Gasteiger partial charge in [0.1, 0.15) is 5.82 Å². The van der Waals surface area contributed by atoms with Crippen LogP contribution in [0, 0.1) is 11.7 Å². The lowest BCUT2D eigenvalue weighted by Crippen LogP contribution is -2.52. The molecule has 2 aliphatic heterocycles. The molecule has 0 N–H and O–H groups in total. The lowest BCUT2D eigenvalue weighted by atomic mass is 9.96. The summed E-state index contributed by atoms with van der Waals surface area (Å²) in [6, 6.07) is 10.9. The van der Waals surface area contributed by atoms with Crippen LogP contribution in [0.4, 0.5) is 23.2 Å². The molecule has 2 aliphatic rings. The lowest BCUT2D eigenvalue weighted by molar-refractivity contribution is -0.137. The van der Waals surface area contributed by atoms with Crippen molar-refractivity contribution in [2.75, 3.05) is 44.2 Å². The topological polar surface area (TPSA) is 60.9 Å². The molecule has 0 spiro atoms. The number of hydrogen-bond donors (Lipinski definition) is 0. The standard InChI is InChI=1S/C24H27F4N3O3S/c25-22-7-2-1-4-19(22)17-35(33,34)31-10-8-18(9-11-31)23(32)30-14-12-29(13-15-30)21-6-3-5-20(16-21)24(26,27)28/h1-7,16,18H,8-15,17H2. The molecule has 11 heteroatoms. The van der Waals surface area contributed by atoms with Crippen molar-refractivity contribution in [2.24, 2.45) is 5.92 Å². The van der Waals surface area contributed by atoms with Gasteiger partial charge in [0.25, 0.3) is 0 Å². The van der Waals surface area contributed by atoms with Crippen molar-refractivity contribution < 1.29 is 30.8 Å². The van der Waals surface area contributed by atoms with E-state index in [0.717, 1.165) is 12.1 Å². The predicted octanol–water partition coefficient (Wildman–Crippen LogP) is 3.74. The highest BCUT2D eigenvalue weighted by molar-refractivity contribution is 7.88. The van der Waals surface area contributed by atoms with E-state index in [2.05, 4.69) is 0 Å². The third kappa shape index (κ3) is 5.95. The molecule has 2 heterocycles. The Hall–Kier alpha value is -2.66. The van der Waals surface area contributed by atoms with Crippen molar-refractivity contribution in [3.8, 4) is 0 Å². The fourth-order valence-corrected chi connectivity index (χ4v) is 6.18. The monoisotopic (exact) mass is 513 g/mol. The SMILES string of the molecule is O=C(C1CCN(S(=O)(=O)Cc2ccccc2F)CC1)N1CCN(c2cccc(C(F)(F)F)c2)CC1. The zero-order chi connectivity index (χ0) is 25.2. The summed E-state index contributed by atoms with van der Waals surface area (Å²) in [5.74, 6) is -1.35. The highest BCUT2D eigenvalue weighted by atomic mass is 32.2. The first-order chi connectivity index (χ1) is 16.5. The molecule has 0 aliphatic carbocycles. The van der Waals surface area contributed by atoms with Crippen molar-refractivity contribution >= 4 is 21.6 Å². The Balaban J connectivity index is 1.29. The van der Waals surface area contributed by atoms with Crippen LogP contribution in [0.1, 0.15) is 24.0 Å². The molecule has 0 bridgehead atoms. The number of nitrogens with zero attached hydrogens (tertiary/aromatic N) is 3. The van der Waals surface area contributed by atoms with Crippen LogP contribution in [0.5, 0.6) is 0 Å². The highest BCUT2D eigenvalue weighted by Crippen LogP contribution is 2.32. The summed E-state index contributed by atoms with van der Waals surface area (Å²) < 4.78 is 79.7. The minimum absolute atomic E-state index is 0.0557.